The summed E-state index contributed by atoms with van der Waals surface area (Å²) in [6, 6.07) is 13.1. The summed E-state index contributed by atoms with van der Waals surface area (Å²) in [5, 5.41) is 0. The maximum atomic E-state index is 12.8. The van der Waals surface area contributed by atoms with Gasteiger partial charge in [-0.3, -0.25) is 9.79 Å². The molecule has 0 unspecified atom stereocenters. The number of nitrogens with two attached hydrogens (primary N) is 1. The van der Waals surface area contributed by atoms with E-state index in [1.54, 1.807) is 31.4 Å². The van der Waals surface area contributed by atoms with Gasteiger partial charge < -0.3 is 10.5 Å². The Balaban J connectivity index is 1.91. The number of ether oxygens (including phenoxy) is 1. The molecule has 1 heterocycles. The lowest BCUT2D eigenvalue weighted by atomic mass is 9.85. The van der Waals surface area contributed by atoms with Gasteiger partial charge in [-0.1, -0.05) is 42.5 Å². The SMILES string of the molecule is COc1ccc2c(c1)C(CC(=O)c1ccc(C(N)=S)cc1)=NC(C)(C)C2. The van der Waals surface area contributed by atoms with E-state index < -0.39 is 0 Å². The Morgan fingerprint density at radius 1 is 1.19 bits per heavy atom. The van der Waals surface area contributed by atoms with E-state index in [-0.39, 0.29) is 17.7 Å². The number of nitrogens with zero attached hydrogens (tertiary/aromatic N) is 1. The summed E-state index contributed by atoms with van der Waals surface area (Å²) in [5.74, 6) is 0.786. The van der Waals surface area contributed by atoms with Crippen LogP contribution in [-0.4, -0.2) is 29.1 Å². The number of benzene rings is 2. The monoisotopic (exact) mass is 366 g/mol. The predicted molar refractivity (Wildman–Crippen MR) is 109 cm³/mol. The fourth-order valence-corrected chi connectivity index (χ4v) is 3.38. The van der Waals surface area contributed by atoms with Gasteiger partial charge in [-0.2, -0.15) is 0 Å². The Labute approximate surface area is 159 Å². The Bertz CT molecular complexity index is 899. The number of methoxy groups -OCH3 is 1. The highest BCUT2D eigenvalue weighted by Gasteiger charge is 2.28. The second-order valence-corrected chi connectivity index (χ2v) is 7.55. The topological polar surface area (TPSA) is 64.7 Å². The maximum Gasteiger partial charge on any atom is 0.168 e. The minimum Gasteiger partial charge on any atom is -0.497 e. The van der Waals surface area contributed by atoms with Gasteiger partial charge in [0.05, 0.1) is 24.8 Å². The third-order valence-electron chi connectivity index (χ3n) is 4.51. The second kappa shape index (κ2) is 7.00. The molecule has 0 amide bonds. The van der Waals surface area contributed by atoms with Crippen molar-refractivity contribution in [2.45, 2.75) is 32.2 Å². The lowest BCUT2D eigenvalue weighted by molar-refractivity contribution is 0.100. The van der Waals surface area contributed by atoms with Gasteiger partial charge in [0, 0.05) is 16.7 Å². The van der Waals surface area contributed by atoms with Crippen LogP contribution in [0.1, 0.15) is 47.3 Å². The van der Waals surface area contributed by atoms with Gasteiger partial charge in [0.15, 0.2) is 5.78 Å². The molecule has 0 fully saturated rings. The van der Waals surface area contributed by atoms with Crippen molar-refractivity contribution in [2.24, 2.45) is 10.7 Å². The quantitative estimate of drug-likeness (QED) is 0.647. The van der Waals surface area contributed by atoms with Gasteiger partial charge in [0.25, 0.3) is 0 Å². The summed E-state index contributed by atoms with van der Waals surface area (Å²) >= 11 is 4.96. The van der Waals surface area contributed by atoms with E-state index in [9.17, 15) is 4.79 Å². The van der Waals surface area contributed by atoms with Crippen molar-refractivity contribution in [2.75, 3.05) is 7.11 Å². The first-order valence-electron chi connectivity index (χ1n) is 8.48. The highest BCUT2D eigenvalue weighted by Crippen LogP contribution is 2.31. The van der Waals surface area contributed by atoms with Crippen LogP contribution in [0.25, 0.3) is 0 Å². The molecule has 3 rings (SSSR count). The molecule has 0 saturated heterocycles. The molecule has 0 aromatic heterocycles. The average molecular weight is 366 g/mol. The van der Waals surface area contributed by atoms with E-state index >= 15 is 0 Å². The molecule has 4 nitrogen and oxygen atoms in total. The van der Waals surface area contributed by atoms with Gasteiger partial charge in [-0.05, 0) is 38.0 Å². The highest BCUT2D eigenvalue weighted by atomic mass is 32.1. The van der Waals surface area contributed by atoms with Gasteiger partial charge in [0.1, 0.15) is 10.7 Å². The Morgan fingerprint density at radius 3 is 2.46 bits per heavy atom. The van der Waals surface area contributed by atoms with Crippen molar-refractivity contribution < 1.29 is 9.53 Å². The smallest absolute Gasteiger partial charge is 0.168 e. The lowest BCUT2D eigenvalue weighted by Gasteiger charge is -2.29. The molecule has 26 heavy (non-hydrogen) atoms. The predicted octanol–water partition coefficient (Wildman–Crippen LogP) is 3.73. The zero-order chi connectivity index (χ0) is 18.9. The third-order valence-corrected chi connectivity index (χ3v) is 4.74. The average Bonchev–Trinajstić information content (AvgIpc) is 2.60. The van der Waals surface area contributed by atoms with E-state index in [4.69, 9.17) is 27.7 Å². The molecule has 2 aromatic rings. The van der Waals surface area contributed by atoms with Gasteiger partial charge in [0.2, 0.25) is 0 Å². The van der Waals surface area contributed by atoms with E-state index in [0.29, 0.717) is 10.6 Å². The highest BCUT2D eigenvalue weighted by molar-refractivity contribution is 7.80. The van der Waals surface area contributed by atoms with Crippen LogP contribution in [0.15, 0.2) is 47.5 Å². The summed E-state index contributed by atoms with van der Waals surface area (Å²) in [5.41, 5.74) is 9.76. The van der Waals surface area contributed by atoms with Crippen molar-refractivity contribution in [1.29, 1.82) is 0 Å². The first-order valence-corrected chi connectivity index (χ1v) is 8.89. The standard InChI is InChI=1S/C21H22N2O2S/c1-21(2)12-15-8-9-16(25-3)10-17(15)18(23-21)11-19(24)13-4-6-14(7-5-13)20(22)26/h4-10H,11-12H2,1-3H3,(H2,22,26). The number of aliphatic imine (C=N–C) groups is 1. The Kier molecular flexibility index (Phi) is 4.92. The Morgan fingerprint density at radius 2 is 1.85 bits per heavy atom. The lowest BCUT2D eigenvalue weighted by Crippen LogP contribution is -2.30. The van der Waals surface area contributed by atoms with Crippen molar-refractivity contribution in [3.63, 3.8) is 0 Å². The molecule has 0 bridgehead atoms. The van der Waals surface area contributed by atoms with Gasteiger partial charge >= 0.3 is 0 Å². The molecule has 0 radical (unpaired) electrons. The number of rotatable bonds is 5. The minimum absolute atomic E-state index is 0.0182. The van der Waals surface area contributed by atoms with E-state index in [1.165, 1.54) is 5.56 Å². The molecule has 5 heteroatoms. The first-order chi connectivity index (χ1) is 12.3. The van der Waals surface area contributed by atoms with Crippen LogP contribution in [0.4, 0.5) is 0 Å². The summed E-state index contributed by atoms with van der Waals surface area (Å²) in [7, 11) is 1.64. The van der Waals surface area contributed by atoms with Crippen LogP contribution < -0.4 is 10.5 Å². The third kappa shape index (κ3) is 3.83. The molecule has 134 valence electrons. The number of ketones is 1. The molecule has 0 spiro atoms. The number of carbonyl (C=O) groups is 1. The minimum atomic E-state index is -0.229. The van der Waals surface area contributed by atoms with Crippen molar-refractivity contribution in [3.05, 3.63) is 64.7 Å². The van der Waals surface area contributed by atoms with Crippen LogP contribution in [0.2, 0.25) is 0 Å². The fourth-order valence-electron chi connectivity index (χ4n) is 3.25. The molecule has 2 aromatic carbocycles. The van der Waals surface area contributed by atoms with Crippen molar-refractivity contribution in [1.82, 2.24) is 0 Å². The summed E-state index contributed by atoms with van der Waals surface area (Å²) in [6.45, 7) is 4.17. The van der Waals surface area contributed by atoms with Crippen LogP contribution in [0.5, 0.6) is 5.75 Å². The second-order valence-electron chi connectivity index (χ2n) is 7.11. The number of fused-ring (bicyclic) bond motifs is 1. The first kappa shape index (κ1) is 18.3. The number of hydrogen-bond acceptors (Lipinski definition) is 4. The summed E-state index contributed by atoms with van der Waals surface area (Å²) < 4.78 is 5.34. The van der Waals surface area contributed by atoms with Gasteiger partial charge in [-0.15, -0.1) is 0 Å². The normalized spacial score (nSPS) is 15.0. The molecule has 0 saturated carbocycles. The molecule has 2 N–H and O–H groups in total. The van der Waals surface area contributed by atoms with Crippen LogP contribution in [-0.2, 0) is 6.42 Å². The number of thiocarbonyl (C=S) groups is 1. The zero-order valence-corrected chi connectivity index (χ0v) is 16.0. The van der Waals surface area contributed by atoms with Crippen molar-refractivity contribution in [3.8, 4) is 5.75 Å². The van der Waals surface area contributed by atoms with E-state index in [1.807, 2.05) is 12.1 Å². The van der Waals surface area contributed by atoms with Gasteiger partial charge in [-0.25, -0.2) is 0 Å². The molecular formula is C21H22N2O2S. The summed E-state index contributed by atoms with van der Waals surface area (Å²) in [4.78, 5) is 18.0. The van der Waals surface area contributed by atoms with Crippen LogP contribution in [0, 0.1) is 0 Å². The number of carbonyl (C=O) groups excluding carboxylic acids is 1. The molecule has 0 aliphatic carbocycles. The summed E-state index contributed by atoms with van der Waals surface area (Å²) in [6.07, 6.45) is 1.09. The molecular weight excluding hydrogens is 344 g/mol. The van der Waals surface area contributed by atoms with Crippen LogP contribution in [0.3, 0.4) is 0 Å². The molecule has 1 aliphatic heterocycles. The van der Waals surface area contributed by atoms with E-state index in [2.05, 4.69) is 19.9 Å². The zero-order valence-electron chi connectivity index (χ0n) is 15.2. The number of Topliss-reactive ketones (excluding diaryl/α,β-unsaturated/α-hetero) is 1. The number of hydrogen-bond donors (Lipinski definition) is 1. The van der Waals surface area contributed by atoms with Crippen LogP contribution >= 0.6 is 12.2 Å². The Hall–Kier alpha value is -2.53. The van der Waals surface area contributed by atoms with Crippen molar-refractivity contribution >= 4 is 28.7 Å². The fraction of sp³-hybridized carbons (Fsp3) is 0.286. The molecule has 1 aliphatic rings. The maximum absolute atomic E-state index is 12.8. The van der Waals surface area contributed by atoms with E-state index in [0.717, 1.165) is 29.0 Å². The molecule has 0 atom stereocenters. The largest absolute Gasteiger partial charge is 0.497 e.